The molecule has 2 heterocycles. The number of nitrogens with zero attached hydrogens (tertiary/aromatic N) is 2. The van der Waals surface area contributed by atoms with Gasteiger partial charge in [-0.1, -0.05) is 27.2 Å². The molecule has 6 heteroatoms. The minimum Gasteiger partial charge on any atom is -0.356 e. The molecule has 148 valence electrons. The molecule has 0 saturated carbocycles. The van der Waals surface area contributed by atoms with Crippen LogP contribution in [0.1, 0.15) is 65.7 Å². The normalized spacial score (nSPS) is 20.0. The Morgan fingerprint density at radius 1 is 1.08 bits per heavy atom. The zero-order chi connectivity index (χ0) is 19.2. The number of amides is 3. The summed E-state index contributed by atoms with van der Waals surface area (Å²) in [5.74, 6) is 0.511. The number of carbonyl (C=O) groups is 3. The summed E-state index contributed by atoms with van der Waals surface area (Å²) >= 11 is 0. The van der Waals surface area contributed by atoms with Gasteiger partial charge in [-0.3, -0.25) is 14.4 Å². The molecule has 0 atom stereocenters. The van der Waals surface area contributed by atoms with Crippen molar-refractivity contribution in [2.45, 2.75) is 65.7 Å². The van der Waals surface area contributed by atoms with Gasteiger partial charge >= 0.3 is 0 Å². The molecule has 26 heavy (non-hydrogen) atoms. The molecule has 2 fully saturated rings. The summed E-state index contributed by atoms with van der Waals surface area (Å²) < 4.78 is 0. The fourth-order valence-corrected chi connectivity index (χ4v) is 3.72. The molecule has 0 unspecified atom stereocenters. The van der Waals surface area contributed by atoms with E-state index in [9.17, 15) is 14.4 Å². The number of hydrogen-bond donors (Lipinski definition) is 1. The molecular weight excluding hydrogens is 330 g/mol. The monoisotopic (exact) mass is 365 g/mol. The van der Waals surface area contributed by atoms with Gasteiger partial charge in [0.05, 0.1) is 0 Å². The van der Waals surface area contributed by atoms with Gasteiger partial charge in [-0.25, -0.2) is 0 Å². The molecule has 6 nitrogen and oxygen atoms in total. The highest BCUT2D eigenvalue weighted by Crippen LogP contribution is 2.23. The predicted octanol–water partition coefficient (Wildman–Crippen LogP) is 2.18. The highest BCUT2D eigenvalue weighted by Gasteiger charge is 2.32. The van der Waals surface area contributed by atoms with Gasteiger partial charge in [0.1, 0.15) is 0 Å². The molecule has 0 aromatic carbocycles. The van der Waals surface area contributed by atoms with E-state index >= 15 is 0 Å². The molecule has 0 radical (unpaired) electrons. The van der Waals surface area contributed by atoms with Crippen LogP contribution < -0.4 is 5.32 Å². The Morgan fingerprint density at radius 3 is 2.42 bits per heavy atom. The summed E-state index contributed by atoms with van der Waals surface area (Å²) in [5, 5.41) is 3.02. The fraction of sp³-hybridized carbons (Fsp3) is 0.850. The van der Waals surface area contributed by atoms with Gasteiger partial charge in [-0.05, 0) is 32.1 Å². The van der Waals surface area contributed by atoms with Gasteiger partial charge in [0, 0.05) is 50.5 Å². The summed E-state index contributed by atoms with van der Waals surface area (Å²) in [6.45, 7) is 9.33. The number of rotatable bonds is 5. The molecule has 2 aliphatic heterocycles. The van der Waals surface area contributed by atoms with Crippen LogP contribution in [0.4, 0.5) is 0 Å². The first-order valence-corrected chi connectivity index (χ1v) is 10.1. The van der Waals surface area contributed by atoms with Crippen LogP contribution in [0, 0.1) is 11.3 Å². The van der Waals surface area contributed by atoms with Gasteiger partial charge in [-0.15, -0.1) is 0 Å². The van der Waals surface area contributed by atoms with Gasteiger partial charge in [0.25, 0.3) is 0 Å². The lowest BCUT2D eigenvalue weighted by Gasteiger charge is -2.35. The van der Waals surface area contributed by atoms with E-state index in [4.69, 9.17) is 0 Å². The SMILES string of the molecule is CC(C)(C)C(=O)N1CCC(C(=O)NCCCN2CCCCCC2=O)CC1. The molecule has 1 N–H and O–H groups in total. The molecule has 2 saturated heterocycles. The van der Waals surface area contributed by atoms with Crippen LogP contribution in [-0.2, 0) is 14.4 Å². The van der Waals surface area contributed by atoms with Crippen molar-refractivity contribution >= 4 is 17.7 Å². The van der Waals surface area contributed by atoms with Gasteiger partial charge in [-0.2, -0.15) is 0 Å². The molecule has 0 spiro atoms. The zero-order valence-electron chi connectivity index (χ0n) is 16.7. The van der Waals surface area contributed by atoms with Gasteiger partial charge in [0.2, 0.25) is 17.7 Å². The summed E-state index contributed by atoms with van der Waals surface area (Å²) in [6, 6.07) is 0. The molecule has 0 bridgehead atoms. The summed E-state index contributed by atoms with van der Waals surface area (Å²) in [6.07, 6.45) is 6.16. The highest BCUT2D eigenvalue weighted by atomic mass is 16.2. The van der Waals surface area contributed by atoms with Crippen molar-refractivity contribution in [3.05, 3.63) is 0 Å². The van der Waals surface area contributed by atoms with E-state index in [0.29, 0.717) is 26.1 Å². The van der Waals surface area contributed by atoms with E-state index in [1.165, 1.54) is 0 Å². The third-order valence-corrected chi connectivity index (χ3v) is 5.37. The molecule has 2 aliphatic rings. The number of piperidine rings is 1. The second-order valence-electron chi connectivity index (χ2n) is 8.65. The number of hydrogen-bond acceptors (Lipinski definition) is 3. The van der Waals surface area contributed by atoms with Gasteiger partial charge < -0.3 is 15.1 Å². The lowest BCUT2D eigenvalue weighted by Crippen LogP contribution is -2.46. The Labute approximate surface area is 157 Å². The largest absolute Gasteiger partial charge is 0.356 e. The molecule has 3 amide bonds. The zero-order valence-corrected chi connectivity index (χ0v) is 16.7. The molecule has 2 rings (SSSR count). The molecular formula is C20H35N3O3. The molecule has 0 aromatic rings. The summed E-state index contributed by atoms with van der Waals surface area (Å²) in [7, 11) is 0. The maximum Gasteiger partial charge on any atom is 0.227 e. The van der Waals surface area contributed by atoms with Crippen LogP contribution in [0.25, 0.3) is 0 Å². The van der Waals surface area contributed by atoms with Crippen LogP contribution in [0.2, 0.25) is 0 Å². The third-order valence-electron chi connectivity index (χ3n) is 5.37. The minimum absolute atomic E-state index is 0.00108. The van der Waals surface area contributed by atoms with E-state index in [1.54, 1.807) is 0 Å². The lowest BCUT2D eigenvalue weighted by molar-refractivity contribution is -0.142. The van der Waals surface area contributed by atoms with Crippen LogP contribution in [0.3, 0.4) is 0 Å². The van der Waals surface area contributed by atoms with E-state index < -0.39 is 0 Å². The van der Waals surface area contributed by atoms with Crippen LogP contribution in [-0.4, -0.2) is 60.2 Å². The van der Waals surface area contributed by atoms with Crippen LogP contribution in [0.15, 0.2) is 0 Å². The standard InChI is InChI=1S/C20H35N3O3/c1-20(2,3)19(26)23-14-9-16(10-15-23)18(25)21-11-7-13-22-12-6-4-5-8-17(22)24/h16H,4-15H2,1-3H3,(H,21,25). The lowest BCUT2D eigenvalue weighted by atomic mass is 9.90. The molecule has 0 aliphatic carbocycles. The second-order valence-corrected chi connectivity index (χ2v) is 8.65. The van der Waals surface area contributed by atoms with E-state index in [-0.39, 0.29) is 29.1 Å². The number of carbonyl (C=O) groups excluding carboxylic acids is 3. The van der Waals surface area contributed by atoms with E-state index in [1.807, 2.05) is 30.6 Å². The maximum atomic E-state index is 12.3. The van der Waals surface area contributed by atoms with E-state index in [0.717, 1.165) is 51.6 Å². The summed E-state index contributed by atoms with van der Waals surface area (Å²) in [4.78, 5) is 40.4. The topological polar surface area (TPSA) is 69.7 Å². The van der Waals surface area contributed by atoms with E-state index in [2.05, 4.69) is 5.32 Å². The average Bonchev–Trinajstić information content (AvgIpc) is 2.81. The third kappa shape index (κ3) is 5.99. The second kappa shape index (κ2) is 9.38. The Bertz CT molecular complexity index is 505. The summed E-state index contributed by atoms with van der Waals surface area (Å²) in [5.41, 5.74) is -0.361. The predicted molar refractivity (Wildman–Crippen MR) is 101 cm³/mol. The van der Waals surface area contributed by atoms with Crippen LogP contribution >= 0.6 is 0 Å². The first kappa shape index (κ1) is 20.7. The van der Waals surface area contributed by atoms with Crippen molar-refractivity contribution in [3.8, 4) is 0 Å². The molecule has 0 aromatic heterocycles. The highest BCUT2D eigenvalue weighted by molar-refractivity contribution is 5.82. The van der Waals surface area contributed by atoms with Crippen molar-refractivity contribution in [1.82, 2.24) is 15.1 Å². The van der Waals surface area contributed by atoms with Crippen molar-refractivity contribution in [1.29, 1.82) is 0 Å². The Morgan fingerprint density at radius 2 is 1.77 bits per heavy atom. The minimum atomic E-state index is -0.361. The van der Waals surface area contributed by atoms with Crippen molar-refractivity contribution in [2.75, 3.05) is 32.7 Å². The Kier molecular flexibility index (Phi) is 7.47. The first-order chi connectivity index (χ1) is 12.3. The van der Waals surface area contributed by atoms with Crippen molar-refractivity contribution < 1.29 is 14.4 Å². The quantitative estimate of drug-likeness (QED) is 0.759. The fourth-order valence-electron chi connectivity index (χ4n) is 3.72. The maximum absolute atomic E-state index is 12.3. The van der Waals surface area contributed by atoms with Crippen molar-refractivity contribution in [3.63, 3.8) is 0 Å². The Balaban J connectivity index is 1.65. The first-order valence-electron chi connectivity index (χ1n) is 10.1. The number of likely N-dealkylation sites (tertiary alicyclic amines) is 2. The average molecular weight is 366 g/mol. The van der Waals surface area contributed by atoms with Crippen LogP contribution in [0.5, 0.6) is 0 Å². The smallest absolute Gasteiger partial charge is 0.227 e. The van der Waals surface area contributed by atoms with Crippen molar-refractivity contribution in [2.24, 2.45) is 11.3 Å². The van der Waals surface area contributed by atoms with Gasteiger partial charge in [0.15, 0.2) is 0 Å². The Hall–Kier alpha value is -1.59. The number of nitrogens with one attached hydrogen (secondary N) is 1.